The minimum absolute atomic E-state index is 0.159. The van der Waals surface area contributed by atoms with E-state index in [2.05, 4.69) is 29.0 Å². The number of fused-ring (bicyclic) bond motifs is 1. The summed E-state index contributed by atoms with van der Waals surface area (Å²) in [4.78, 5) is 8.94. The Bertz CT molecular complexity index is 1120. The summed E-state index contributed by atoms with van der Waals surface area (Å²) in [7, 11) is -3.66. The highest BCUT2D eigenvalue weighted by atomic mass is 32.2. The number of hydrogen-bond acceptors (Lipinski definition) is 7. The molecule has 0 bridgehead atoms. The molecule has 0 amide bonds. The van der Waals surface area contributed by atoms with E-state index in [1.54, 1.807) is 24.4 Å². The largest absolute Gasteiger partial charge is 0.376 e. The second-order valence-electron chi connectivity index (χ2n) is 8.28. The van der Waals surface area contributed by atoms with Crippen molar-refractivity contribution < 1.29 is 17.7 Å². The van der Waals surface area contributed by atoms with Gasteiger partial charge in [0.15, 0.2) is 5.82 Å². The summed E-state index contributed by atoms with van der Waals surface area (Å²) in [5.74, 6) is 1.72. The number of aromatic nitrogens is 3. The quantitative estimate of drug-likeness (QED) is 0.526. The summed E-state index contributed by atoms with van der Waals surface area (Å²) in [5, 5.41) is 4.81. The van der Waals surface area contributed by atoms with E-state index in [9.17, 15) is 8.42 Å². The second-order valence-corrected chi connectivity index (χ2v) is 10.2. The van der Waals surface area contributed by atoms with Crippen molar-refractivity contribution in [1.82, 2.24) is 19.4 Å². The van der Waals surface area contributed by atoms with Crippen LogP contribution in [-0.2, 0) is 27.6 Å². The van der Waals surface area contributed by atoms with Crippen LogP contribution in [0.5, 0.6) is 0 Å². The molecule has 0 N–H and O–H groups in total. The van der Waals surface area contributed by atoms with Gasteiger partial charge >= 0.3 is 0 Å². The Hall–Kier alpha value is -2.36. The molecule has 2 aromatic heterocycles. The molecule has 1 fully saturated rings. The van der Waals surface area contributed by atoms with Crippen LogP contribution in [0.15, 0.2) is 45.9 Å². The zero-order valence-electron chi connectivity index (χ0n) is 17.9. The van der Waals surface area contributed by atoms with Gasteiger partial charge in [0.1, 0.15) is 4.90 Å². The summed E-state index contributed by atoms with van der Waals surface area (Å²) in [5.41, 5.74) is 0.502. The van der Waals surface area contributed by atoms with Crippen molar-refractivity contribution in [3.63, 3.8) is 0 Å². The molecule has 4 rings (SSSR count). The van der Waals surface area contributed by atoms with Crippen molar-refractivity contribution in [2.75, 3.05) is 19.7 Å². The molecule has 3 heterocycles. The Morgan fingerprint density at radius 3 is 2.94 bits per heavy atom. The molecule has 166 valence electrons. The van der Waals surface area contributed by atoms with Gasteiger partial charge in [-0.25, -0.2) is 8.42 Å². The third-order valence-corrected chi connectivity index (χ3v) is 7.22. The zero-order chi connectivity index (χ0) is 21.8. The Kier molecular flexibility index (Phi) is 6.64. The Balaban J connectivity index is 1.38. The van der Waals surface area contributed by atoms with Gasteiger partial charge in [0.2, 0.25) is 15.9 Å². The lowest BCUT2D eigenvalue weighted by atomic mass is 10.1. The van der Waals surface area contributed by atoms with Gasteiger partial charge in [0.25, 0.3) is 0 Å². The van der Waals surface area contributed by atoms with E-state index in [1.165, 1.54) is 4.31 Å². The second kappa shape index (κ2) is 9.42. The molecule has 0 saturated carbocycles. The van der Waals surface area contributed by atoms with Crippen molar-refractivity contribution >= 4 is 20.9 Å². The fraction of sp³-hybridized carbons (Fsp3) is 0.500. The van der Waals surface area contributed by atoms with Crippen molar-refractivity contribution in [1.29, 1.82) is 0 Å². The van der Waals surface area contributed by atoms with Gasteiger partial charge in [0, 0.05) is 37.5 Å². The van der Waals surface area contributed by atoms with Crippen LogP contribution < -0.4 is 0 Å². The number of benzene rings is 1. The van der Waals surface area contributed by atoms with Gasteiger partial charge in [-0.3, -0.25) is 4.98 Å². The molecule has 1 atom stereocenters. The summed E-state index contributed by atoms with van der Waals surface area (Å²) in [6.07, 6.45) is 4.33. The fourth-order valence-corrected chi connectivity index (χ4v) is 5.50. The molecule has 8 nitrogen and oxygen atoms in total. The molecule has 1 saturated heterocycles. The van der Waals surface area contributed by atoms with E-state index >= 15 is 0 Å². The molecule has 1 aromatic carbocycles. The van der Waals surface area contributed by atoms with Crippen LogP contribution in [0.1, 0.15) is 38.4 Å². The third-order valence-electron chi connectivity index (χ3n) is 5.33. The van der Waals surface area contributed by atoms with Crippen molar-refractivity contribution in [2.45, 2.75) is 50.5 Å². The normalized spacial score (nSPS) is 18.1. The van der Waals surface area contributed by atoms with E-state index in [0.29, 0.717) is 49.3 Å². The van der Waals surface area contributed by atoms with Gasteiger partial charge < -0.3 is 9.26 Å². The molecule has 1 aliphatic heterocycles. The van der Waals surface area contributed by atoms with Gasteiger partial charge in [0.05, 0.1) is 18.2 Å². The number of pyridine rings is 1. The number of nitrogens with zero attached hydrogens (tertiary/aromatic N) is 4. The number of sulfonamides is 1. The Morgan fingerprint density at radius 1 is 1.26 bits per heavy atom. The van der Waals surface area contributed by atoms with Crippen molar-refractivity contribution in [2.24, 2.45) is 5.92 Å². The summed E-state index contributed by atoms with van der Waals surface area (Å²) in [6, 6.07) is 8.93. The van der Waals surface area contributed by atoms with Crippen molar-refractivity contribution in [3.05, 3.63) is 48.2 Å². The van der Waals surface area contributed by atoms with E-state index in [4.69, 9.17) is 9.26 Å². The molecule has 0 radical (unpaired) electrons. The molecule has 31 heavy (non-hydrogen) atoms. The maximum Gasteiger partial charge on any atom is 0.245 e. The summed E-state index contributed by atoms with van der Waals surface area (Å²) < 4.78 is 39.4. The molecule has 9 heteroatoms. The van der Waals surface area contributed by atoms with Crippen LogP contribution in [0.3, 0.4) is 0 Å². The first-order valence-electron chi connectivity index (χ1n) is 10.7. The number of hydrogen-bond donors (Lipinski definition) is 0. The fourth-order valence-electron chi connectivity index (χ4n) is 3.82. The lowest BCUT2D eigenvalue weighted by Gasteiger charge is -2.32. The monoisotopic (exact) mass is 444 g/mol. The molecule has 3 aromatic rings. The highest BCUT2D eigenvalue weighted by molar-refractivity contribution is 7.89. The van der Waals surface area contributed by atoms with Gasteiger partial charge in [-0.15, -0.1) is 0 Å². The summed E-state index contributed by atoms with van der Waals surface area (Å²) >= 11 is 0. The van der Waals surface area contributed by atoms with Gasteiger partial charge in [-0.05, 0) is 30.9 Å². The van der Waals surface area contributed by atoms with Gasteiger partial charge in [-0.2, -0.15) is 9.29 Å². The lowest BCUT2D eigenvalue weighted by Crippen LogP contribution is -2.43. The van der Waals surface area contributed by atoms with E-state index in [1.807, 2.05) is 12.1 Å². The average Bonchev–Trinajstić information content (AvgIpc) is 3.20. The predicted octanol–water partition coefficient (Wildman–Crippen LogP) is 3.23. The minimum atomic E-state index is -3.66. The highest BCUT2D eigenvalue weighted by Gasteiger charge is 2.32. The van der Waals surface area contributed by atoms with Crippen LogP contribution in [0.4, 0.5) is 0 Å². The smallest absolute Gasteiger partial charge is 0.245 e. The molecule has 1 unspecified atom stereocenters. The Morgan fingerprint density at radius 2 is 2.10 bits per heavy atom. The molecular formula is C22H28N4O4S. The number of piperidine rings is 1. The predicted molar refractivity (Wildman–Crippen MR) is 116 cm³/mol. The van der Waals surface area contributed by atoms with E-state index < -0.39 is 10.0 Å². The SMILES string of the molecule is CC(C)Cc1nc(CCOC2CCCN(S(=O)(=O)c3cccc4cccnc34)C2)no1. The Labute approximate surface area is 182 Å². The average molecular weight is 445 g/mol. The maximum absolute atomic E-state index is 13.3. The van der Waals surface area contributed by atoms with Gasteiger partial charge in [-0.1, -0.05) is 37.2 Å². The molecule has 0 aliphatic carbocycles. The standard InChI is InChI=1S/C22H28N4O4S/c1-16(2)14-21-24-20(25-30-21)10-13-29-18-8-5-12-26(15-18)31(27,28)19-9-3-6-17-7-4-11-23-22(17)19/h3-4,6-7,9,11,16,18H,5,8,10,12-15H2,1-2H3. The molecular weight excluding hydrogens is 416 g/mol. The van der Waals surface area contributed by atoms with Crippen LogP contribution in [-0.4, -0.2) is 53.6 Å². The highest BCUT2D eigenvalue weighted by Crippen LogP contribution is 2.27. The number of para-hydroxylation sites is 1. The summed E-state index contributed by atoms with van der Waals surface area (Å²) in [6.45, 7) is 5.44. The van der Waals surface area contributed by atoms with Crippen molar-refractivity contribution in [3.8, 4) is 0 Å². The first-order chi connectivity index (χ1) is 14.9. The number of rotatable bonds is 8. The van der Waals surface area contributed by atoms with E-state index in [-0.39, 0.29) is 11.0 Å². The third kappa shape index (κ3) is 5.11. The van der Waals surface area contributed by atoms with E-state index in [0.717, 1.165) is 24.6 Å². The minimum Gasteiger partial charge on any atom is -0.376 e. The zero-order valence-corrected chi connectivity index (χ0v) is 18.7. The maximum atomic E-state index is 13.3. The first kappa shape index (κ1) is 21.9. The van der Waals surface area contributed by atoms with Crippen LogP contribution >= 0.6 is 0 Å². The number of ether oxygens (including phenoxy) is 1. The van der Waals surface area contributed by atoms with Crippen LogP contribution in [0.25, 0.3) is 10.9 Å². The van der Waals surface area contributed by atoms with Crippen LogP contribution in [0, 0.1) is 5.92 Å². The topological polar surface area (TPSA) is 98.4 Å². The molecule has 1 aliphatic rings. The molecule has 0 spiro atoms. The van der Waals surface area contributed by atoms with Crippen LogP contribution in [0.2, 0.25) is 0 Å². The lowest BCUT2D eigenvalue weighted by molar-refractivity contribution is 0.0199. The first-order valence-corrected chi connectivity index (χ1v) is 12.1.